The van der Waals surface area contributed by atoms with Gasteiger partial charge in [0.05, 0.1) is 0 Å². The number of alkyl halides is 1. The van der Waals surface area contributed by atoms with Crippen molar-refractivity contribution >= 4 is 21.8 Å². The van der Waals surface area contributed by atoms with E-state index >= 15 is 0 Å². The molecule has 0 aromatic rings. The highest BCUT2D eigenvalue weighted by molar-refractivity contribution is 9.09. The van der Waals surface area contributed by atoms with Crippen molar-refractivity contribution in [2.24, 2.45) is 11.3 Å². The topological polar surface area (TPSA) is 29.1 Å². The second-order valence-corrected chi connectivity index (χ2v) is 6.93. The van der Waals surface area contributed by atoms with Crippen molar-refractivity contribution in [1.82, 2.24) is 5.32 Å². The van der Waals surface area contributed by atoms with Crippen LogP contribution < -0.4 is 5.32 Å². The zero-order valence-corrected chi connectivity index (χ0v) is 13.7. The van der Waals surface area contributed by atoms with E-state index in [2.05, 4.69) is 42.0 Å². The highest BCUT2D eigenvalue weighted by Gasteiger charge is 2.41. The van der Waals surface area contributed by atoms with Gasteiger partial charge in [-0.3, -0.25) is 4.79 Å². The van der Waals surface area contributed by atoms with Gasteiger partial charge in [-0.1, -0.05) is 49.5 Å². The molecular weight excluding hydrogens is 290 g/mol. The highest BCUT2D eigenvalue weighted by Crippen LogP contribution is 2.43. The predicted octanol–water partition coefficient (Wildman–Crippen LogP) is 4.27. The first kappa shape index (κ1) is 16.0. The summed E-state index contributed by atoms with van der Waals surface area (Å²) in [7, 11) is 0. The fourth-order valence-corrected chi connectivity index (χ4v) is 3.76. The fourth-order valence-electron chi connectivity index (χ4n) is 3.21. The molecule has 0 spiro atoms. The molecule has 1 aliphatic carbocycles. The van der Waals surface area contributed by atoms with Crippen molar-refractivity contribution in [2.45, 2.75) is 71.8 Å². The third-order valence-corrected chi connectivity index (χ3v) is 4.58. The zero-order chi connectivity index (χ0) is 13.6. The lowest BCUT2D eigenvalue weighted by atomic mass is 9.77. The second-order valence-electron chi connectivity index (χ2n) is 6.14. The largest absolute Gasteiger partial charge is 0.353 e. The van der Waals surface area contributed by atoms with E-state index in [1.807, 2.05) is 0 Å². The number of hydrogen-bond acceptors (Lipinski definition) is 1. The summed E-state index contributed by atoms with van der Waals surface area (Å²) in [6.07, 6.45) is 7.70. The summed E-state index contributed by atoms with van der Waals surface area (Å²) in [6, 6.07) is 0.335. The molecule has 18 heavy (non-hydrogen) atoms. The summed E-state index contributed by atoms with van der Waals surface area (Å²) >= 11 is 3.47. The molecule has 0 bridgehead atoms. The van der Waals surface area contributed by atoms with Crippen LogP contribution in [0.4, 0.5) is 0 Å². The van der Waals surface area contributed by atoms with Crippen LogP contribution in [0.2, 0.25) is 0 Å². The minimum Gasteiger partial charge on any atom is -0.353 e. The van der Waals surface area contributed by atoms with Crippen molar-refractivity contribution in [3.05, 3.63) is 0 Å². The van der Waals surface area contributed by atoms with Crippen molar-refractivity contribution in [3.8, 4) is 0 Å². The molecule has 106 valence electrons. The number of halogens is 1. The molecule has 0 aliphatic heterocycles. The van der Waals surface area contributed by atoms with E-state index in [0.29, 0.717) is 17.9 Å². The number of hydrogen-bond donors (Lipinski definition) is 1. The summed E-state index contributed by atoms with van der Waals surface area (Å²) in [5, 5.41) is 4.25. The van der Waals surface area contributed by atoms with Crippen LogP contribution in [0.25, 0.3) is 0 Å². The van der Waals surface area contributed by atoms with Gasteiger partial charge in [-0.15, -0.1) is 0 Å². The van der Waals surface area contributed by atoms with Crippen LogP contribution in [0.15, 0.2) is 0 Å². The van der Waals surface area contributed by atoms with Gasteiger partial charge in [0.15, 0.2) is 0 Å². The summed E-state index contributed by atoms with van der Waals surface area (Å²) in [4.78, 5) is 12.6. The van der Waals surface area contributed by atoms with Crippen LogP contribution in [0.3, 0.4) is 0 Å². The fraction of sp³-hybridized carbons (Fsp3) is 0.933. The Balaban J connectivity index is 2.65. The molecule has 1 N–H and O–H groups in total. The molecule has 0 aromatic heterocycles. The average Bonchev–Trinajstić information content (AvgIpc) is 2.77. The maximum atomic E-state index is 12.6. The normalized spacial score (nSPS) is 20.1. The van der Waals surface area contributed by atoms with Gasteiger partial charge < -0.3 is 5.32 Å². The van der Waals surface area contributed by atoms with Crippen LogP contribution in [-0.2, 0) is 4.79 Å². The minimum absolute atomic E-state index is 0.0616. The van der Waals surface area contributed by atoms with E-state index in [0.717, 1.165) is 37.4 Å². The molecule has 2 nitrogen and oxygen atoms in total. The number of nitrogens with one attached hydrogen (secondary N) is 1. The number of rotatable bonds is 7. The minimum atomic E-state index is -0.0616. The SMILES string of the molecule is CCC(CCBr)NC(=O)C1(CC(C)C)CCCC1. The molecule has 3 heteroatoms. The molecule has 1 saturated carbocycles. The van der Waals surface area contributed by atoms with Crippen molar-refractivity contribution in [3.63, 3.8) is 0 Å². The van der Waals surface area contributed by atoms with Gasteiger partial charge in [-0.25, -0.2) is 0 Å². The van der Waals surface area contributed by atoms with Crippen LogP contribution >= 0.6 is 15.9 Å². The maximum absolute atomic E-state index is 12.6. The van der Waals surface area contributed by atoms with E-state index in [1.165, 1.54) is 12.8 Å². The maximum Gasteiger partial charge on any atom is 0.226 e. The second kappa shape index (κ2) is 7.52. The zero-order valence-electron chi connectivity index (χ0n) is 12.1. The Morgan fingerprint density at radius 2 is 1.94 bits per heavy atom. The molecular formula is C15H28BrNO. The van der Waals surface area contributed by atoms with Crippen LogP contribution in [0.1, 0.15) is 65.7 Å². The standard InChI is InChI=1S/C15H28BrNO/c1-4-13(7-10-16)17-14(18)15(11-12(2)3)8-5-6-9-15/h12-13H,4-11H2,1-3H3,(H,17,18). The summed E-state index contributed by atoms with van der Waals surface area (Å²) in [5.74, 6) is 0.923. The Kier molecular flexibility index (Phi) is 6.68. The molecule has 1 rings (SSSR count). The number of amides is 1. The van der Waals surface area contributed by atoms with Gasteiger partial charge >= 0.3 is 0 Å². The monoisotopic (exact) mass is 317 g/mol. The first-order valence-electron chi connectivity index (χ1n) is 7.41. The Bertz CT molecular complexity index is 259. The van der Waals surface area contributed by atoms with E-state index in [9.17, 15) is 4.79 Å². The first-order valence-corrected chi connectivity index (χ1v) is 8.53. The van der Waals surface area contributed by atoms with Gasteiger partial charge in [0.2, 0.25) is 5.91 Å². The quantitative estimate of drug-likeness (QED) is 0.698. The van der Waals surface area contributed by atoms with Crippen LogP contribution in [-0.4, -0.2) is 17.3 Å². The molecule has 1 fully saturated rings. The average molecular weight is 318 g/mol. The van der Waals surface area contributed by atoms with E-state index < -0.39 is 0 Å². The first-order chi connectivity index (χ1) is 8.54. The summed E-state index contributed by atoms with van der Waals surface area (Å²) < 4.78 is 0. The molecule has 0 saturated heterocycles. The third kappa shape index (κ3) is 4.25. The molecule has 1 aliphatic rings. The Morgan fingerprint density at radius 1 is 1.33 bits per heavy atom. The third-order valence-electron chi connectivity index (χ3n) is 4.13. The molecule has 1 atom stereocenters. The van der Waals surface area contributed by atoms with Crippen LogP contribution in [0.5, 0.6) is 0 Å². The summed E-state index contributed by atoms with van der Waals surface area (Å²) in [6.45, 7) is 6.60. The van der Waals surface area contributed by atoms with Crippen LogP contribution in [0, 0.1) is 11.3 Å². The van der Waals surface area contributed by atoms with Crippen molar-refractivity contribution in [1.29, 1.82) is 0 Å². The Hall–Kier alpha value is -0.0500. The molecule has 0 heterocycles. The summed E-state index contributed by atoms with van der Waals surface area (Å²) in [5.41, 5.74) is -0.0616. The smallest absolute Gasteiger partial charge is 0.226 e. The van der Waals surface area contributed by atoms with Gasteiger partial charge in [0.25, 0.3) is 0 Å². The lowest BCUT2D eigenvalue weighted by molar-refractivity contribution is -0.132. The van der Waals surface area contributed by atoms with E-state index in [-0.39, 0.29) is 5.41 Å². The van der Waals surface area contributed by atoms with E-state index in [4.69, 9.17) is 0 Å². The Labute approximate surface area is 120 Å². The van der Waals surface area contributed by atoms with Gasteiger partial charge in [-0.05, 0) is 38.0 Å². The van der Waals surface area contributed by atoms with Gasteiger partial charge in [-0.2, -0.15) is 0 Å². The highest BCUT2D eigenvalue weighted by atomic mass is 79.9. The van der Waals surface area contributed by atoms with Gasteiger partial charge in [0, 0.05) is 16.8 Å². The number of carbonyl (C=O) groups is 1. The molecule has 1 amide bonds. The van der Waals surface area contributed by atoms with E-state index in [1.54, 1.807) is 0 Å². The molecule has 0 aromatic carbocycles. The van der Waals surface area contributed by atoms with Crippen molar-refractivity contribution in [2.75, 3.05) is 5.33 Å². The number of carbonyl (C=O) groups excluding carboxylic acids is 1. The molecule has 0 radical (unpaired) electrons. The predicted molar refractivity (Wildman–Crippen MR) is 81.0 cm³/mol. The van der Waals surface area contributed by atoms with Crippen molar-refractivity contribution < 1.29 is 4.79 Å². The lowest BCUT2D eigenvalue weighted by Gasteiger charge is -2.31. The lowest BCUT2D eigenvalue weighted by Crippen LogP contribution is -2.45. The van der Waals surface area contributed by atoms with Gasteiger partial charge in [0.1, 0.15) is 0 Å². The Morgan fingerprint density at radius 3 is 2.39 bits per heavy atom. The molecule has 1 unspecified atom stereocenters.